The summed E-state index contributed by atoms with van der Waals surface area (Å²) in [6, 6.07) is 6.46. The van der Waals surface area contributed by atoms with Crippen molar-refractivity contribution in [1.82, 2.24) is 5.48 Å². The molecular weight excluding hydrogens is 212 g/mol. The first-order valence-corrected chi connectivity index (χ1v) is 5.79. The summed E-state index contributed by atoms with van der Waals surface area (Å²) < 4.78 is 4.79. The van der Waals surface area contributed by atoms with Gasteiger partial charge < -0.3 is 5.32 Å². The van der Waals surface area contributed by atoms with Crippen LogP contribution in [0.15, 0.2) is 18.2 Å². The number of hydrogen-bond donors (Lipinski definition) is 2. The third-order valence-corrected chi connectivity index (χ3v) is 2.89. The molecule has 0 fully saturated rings. The van der Waals surface area contributed by atoms with Gasteiger partial charge in [0, 0.05) is 37.1 Å². The van der Waals surface area contributed by atoms with Gasteiger partial charge in [-0.3, -0.25) is 0 Å². The lowest BCUT2D eigenvalue weighted by Crippen LogP contribution is -2.04. The fourth-order valence-corrected chi connectivity index (χ4v) is 2.06. The monoisotopic (exact) mass is 226 g/mol. The molecule has 1 aliphatic heterocycles. The van der Waals surface area contributed by atoms with Crippen molar-refractivity contribution in [3.63, 3.8) is 0 Å². The second-order valence-electron chi connectivity index (χ2n) is 3.29. The smallest absolute Gasteiger partial charge is 0.0481 e. The lowest BCUT2D eigenvalue weighted by Gasteiger charge is -2.04. The van der Waals surface area contributed by atoms with Crippen molar-refractivity contribution in [3.05, 3.63) is 29.3 Å². The summed E-state index contributed by atoms with van der Waals surface area (Å²) in [5, 5.41) is 3.35. The lowest BCUT2D eigenvalue weighted by molar-refractivity contribution is -0.238. The van der Waals surface area contributed by atoms with E-state index in [0.717, 1.165) is 18.7 Å². The molecule has 1 aromatic rings. The largest absolute Gasteiger partial charge is 0.384 e. The van der Waals surface area contributed by atoms with Crippen LogP contribution in [0.25, 0.3) is 0 Å². The van der Waals surface area contributed by atoms with Crippen LogP contribution in [0.4, 0.5) is 5.69 Å². The Bertz CT molecular complexity index is 333. The Morgan fingerprint density at radius 3 is 3.33 bits per heavy atom. The molecule has 15 heavy (non-hydrogen) atoms. The number of hydroxylamine groups is 1. The molecule has 5 heteroatoms. The molecule has 2 rings (SSSR count). The van der Waals surface area contributed by atoms with Crippen LogP contribution in [0.2, 0.25) is 0 Å². The fourth-order valence-electron chi connectivity index (χ4n) is 1.58. The maximum atomic E-state index is 4.79. The second kappa shape index (κ2) is 5.37. The molecular formula is C10H14N2O2S. The van der Waals surface area contributed by atoms with Gasteiger partial charge in [-0.05, 0) is 23.6 Å². The van der Waals surface area contributed by atoms with Crippen molar-refractivity contribution < 1.29 is 9.32 Å². The van der Waals surface area contributed by atoms with Crippen LogP contribution >= 0.6 is 12.0 Å². The highest BCUT2D eigenvalue weighted by Crippen LogP contribution is 2.25. The average molecular weight is 226 g/mol. The van der Waals surface area contributed by atoms with Crippen LogP contribution in [0.5, 0.6) is 0 Å². The first-order chi connectivity index (χ1) is 7.40. The van der Waals surface area contributed by atoms with Gasteiger partial charge in [0.1, 0.15) is 0 Å². The molecule has 4 nitrogen and oxygen atoms in total. The minimum atomic E-state index is 0.774. The Balaban J connectivity index is 1.87. The van der Waals surface area contributed by atoms with E-state index in [2.05, 4.69) is 34.0 Å². The summed E-state index contributed by atoms with van der Waals surface area (Å²) >= 11 is 1.26. The Hall–Kier alpha value is -0.750. The molecule has 2 N–H and O–H groups in total. The number of fused-ring (bicyclic) bond motifs is 1. The molecule has 1 heterocycles. The number of benzene rings is 1. The number of rotatable bonds is 5. The first-order valence-electron chi connectivity index (χ1n) is 4.87. The first kappa shape index (κ1) is 10.8. The molecule has 1 aromatic carbocycles. The van der Waals surface area contributed by atoms with Gasteiger partial charge in [-0.25, -0.2) is 0 Å². The van der Waals surface area contributed by atoms with Gasteiger partial charge in [-0.2, -0.15) is 5.48 Å². The van der Waals surface area contributed by atoms with E-state index in [1.807, 2.05) is 0 Å². The predicted octanol–water partition coefficient (Wildman–Crippen LogP) is 1.89. The molecule has 0 spiro atoms. The molecule has 0 aliphatic carbocycles. The summed E-state index contributed by atoms with van der Waals surface area (Å²) in [5.41, 5.74) is 6.32. The summed E-state index contributed by atoms with van der Waals surface area (Å²) in [6.07, 6.45) is 1.13. The lowest BCUT2D eigenvalue weighted by atomic mass is 10.1. The number of anilines is 1. The molecule has 0 aromatic heterocycles. The fraction of sp³-hybridized carbons (Fsp3) is 0.400. The Morgan fingerprint density at radius 1 is 1.53 bits per heavy atom. The zero-order chi connectivity index (χ0) is 10.5. The van der Waals surface area contributed by atoms with E-state index in [-0.39, 0.29) is 0 Å². The van der Waals surface area contributed by atoms with Gasteiger partial charge in [-0.1, -0.05) is 12.1 Å². The van der Waals surface area contributed by atoms with E-state index >= 15 is 0 Å². The van der Waals surface area contributed by atoms with E-state index in [4.69, 9.17) is 4.33 Å². The SMILES string of the molecule is CNOOSCc1ccc2c(c1)NCC2. The standard InChI is InChI=1S/C10H14N2O2S/c1-11-13-14-15-7-8-2-3-9-4-5-12-10(9)6-8/h2-3,6,11-12H,4-5,7H2,1H3. The number of nitrogens with one attached hydrogen (secondary N) is 2. The summed E-state index contributed by atoms with van der Waals surface area (Å²) in [5.74, 6) is 0.774. The Kier molecular flexibility index (Phi) is 3.85. The predicted molar refractivity (Wildman–Crippen MR) is 61.2 cm³/mol. The average Bonchev–Trinajstić information content (AvgIpc) is 2.71. The van der Waals surface area contributed by atoms with Crippen molar-refractivity contribution in [2.24, 2.45) is 0 Å². The highest BCUT2D eigenvalue weighted by molar-refractivity contribution is 7.93. The highest BCUT2D eigenvalue weighted by atomic mass is 32.2. The van der Waals surface area contributed by atoms with Gasteiger partial charge in [0.25, 0.3) is 0 Å². The third-order valence-electron chi connectivity index (χ3n) is 2.28. The van der Waals surface area contributed by atoms with Gasteiger partial charge in [-0.15, -0.1) is 9.32 Å². The zero-order valence-electron chi connectivity index (χ0n) is 8.58. The molecule has 0 bridgehead atoms. The quantitative estimate of drug-likeness (QED) is 0.347. The van der Waals surface area contributed by atoms with E-state index in [9.17, 15) is 0 Å². The van der Waals surface area contributed by atoms with Crippen LogP contribution in [0.3, 0.4) is 0 Å². The normalized spacial score (nSPS) is 13.7. The molecule has 0 radical (unpaired) electrons. The van der Waals surface area contributed by atoms with E-state index in [1.54, 1.807) is 7.05 Å². The van der Waals surface area contributed by atoms with Crippen molar-refractivity contribution in [1.29, 1.82) is 0 Å². The topological polar surface area (TPSA) is 42.5 Å². The zero-order valence-corrected chi connectivity index (χ0v) is 9.39. The van der Waals surface area contributed by atoms with Gasteiger partial charge in [0.05, 0.1) is 0 Å². The summed E-state index contributed by atoms with van der Waals surface area (Å²) in [7, 11) is 1.65. The second-order valence-corrected chi connectivity index (χ2v) is 3.95. The van der Waals surface area contributed by atoms with Crippen LogP contribution in [-0.2, 0) is 21.5 Å². The molecule has 0 saturated carbocycles. The maximum absolute atomic E-state index is 4.79. The van der Waals surface area contributed by atoms with Gasteiger partial charge in [0.15, 0.2) is 0 Å². The molecule has 0 amide bonds. The molecule has 0 saturated heterocycles. The Morgan fingerprint density at radius 2 is 2.47 bits per heavy atom. The van der Waals surface area contributed by atoms with E-state index < -0.39 is 0 Å². The van der Waals surface area contributed by atoms with Crippen molar-refractivity contribution >= 4 is 17.7 Å². The third kappa shape index (κ3) is 2.85. The van der Waals surface area contributed by atoms with Crippen molar-refractivity contribution in [2.45, 2.75) is 12.2 Å². The van der Waals surface area contributed by atoms with Gasteiger partial charge >= 0.3 is 0 Å². The Labute approximate surface area is 93.4 Å². The van der Waals surface area contributed by atoms with E-state index in [0.29, 0.717) is 0 Å². The molecule has 0 atom stereocenters. The molecule has 82 valence electrons. The highest BCUT2D eigenvalue weighted by Gasteiger charge is 2.09. The summed E-state index contributed by atoms with van der Waals surface area (Å²) in [4.78, 5) is 4.55. The van der Waals surface area contributed by atoms with E-state index in [1.165, 1.54) is 28.9 Å². The minimum Gasteiger partial charge on any atom is -0.384 e. The van der Waals surface area contributed by atoms with Crippen LogP contribution in [0, 0.1) is 0 Å². The molecule has 0 unspecified atom stereocenters. The minimum absolute atomic E-state index is 0.774. The van der Waals surface area contributed by atoms with Crippen molar-refractivity contribution in [2.75, 3.05) is 18.9 Å². The maximum Gasteiger partial charge on any atom is 0.0481 e. The summed E-state index contributed by atoms with van der Waals surface area (Å²) in [6.45, 7) is 1.05. The molecule has 1 aliphatic rings. The van der Waals surface area contributed by atoms with Gasteiger partial charge in [0.2, 0.25) is 0 Å². The van der Waals surface area contributed by atoms with Crippen molar-refractivity contribution in [3.8, 4) is 0 Å². The van der Waals surface area contributed by atoms with Crippen LogP contribution < -0.4 is 10.8 Å². The van der Waals surface area contributed by atoms with Crippen LogP contribution in [-0.4, -0.2) is 13.6 Å². The number of hydrogen-bond acceptors (Lipinski definition) is 5. The van der Waals surface area contributed by atoms with Crippen LogP contribution in [0.1, 0.15) is 11.1 Å².